The first kappa shape index (κ1) is 20.2. The van der Waals surface area contributed by atoms with Crippen LogP contribution in [0.15, 0.2) is 54.9 Å². The van der Waals surface area contributed by atoms with Gasteiger partial charge in [-0.15, -0.1) is 11.3 Å². The predicted molar refractivity (Wildman–Crippen MR) is 102 cm³/mol. The van der Waals surface area contributed by atoms with Gasteiger partial charge in [0.15, 0.2) is 4.47 Å². The van der Waals surface area contributed by atoms with Crippen molar-refractivity contribution in [2.24, 2.45) is 0 Å². The Labute approximate surface area is 176 Å². The number of para-hydroxylation sites is 1. The van der Waals surface area contributed by atoms with E-state index < -0.39 is 29.3 Å². The number of thiazole rings is 1. The van der Waals surface area contributed by atoms with Gasteiger partial charge in [0.1, 0.15) is 12.3 Å². The summed E-state index contributed by atoms with van der Waals surface area (Å²) in [6.45, 7) is 0.149. The standard InChI is InChI=1S/C19H11ClF3N3O3S/c20-18-24-9-11(30-18)10-26-14-7-3-4-8-25(14)15(16(26)27)17(28)29-13-6-2-1-5-12(13)19(21,22)23/h1-9H,10H2/p+1. The van der Waals surface area contributed by atoms with Gasteiger partial charge in [0.05, 0.1) is 16.6 Å². The zero-order valence-electron chi connectivity index (χ0n) is 14.9. The second-order valence-electron chi connectivity index (χ2n) is 6.15. The summed E-state index contributed by atoms with van der Waals surface area (Å²) in [5.74, 6) is -2.24. The number of nitrogens with zero attached hydrogens (tertiary/aromatic N) is 3. The molecular weight excluding hydrogens is 443 g/mol. The molecule has 1 N–H and O–H groups in total. The van der Waals surface area contributed by atoms with E-state index in [-0.39, 0.29) is 12.2 Å². The summed E-state index contributed by atoms with van der Waals surface area (Å²) in [7, 11) is 0. The van der Waals surface area contributed by atoms with Gasteiger partial charge in [0.25, 0.3) is 5.65 Å². The predicted octanol–water partition coefficient (Wildman–Crippen LogP) is 4.33. The molecule has 0 aliphatic heterocycles. The van der Waals surface area contributed by atoms with Crippen LogP contribution in [0.3, 0.4) is 0 Å². The van der Waals surface area contributed by atoms with Crippen LogP contribution in [0, 0.1) is 0 Å². The van der Waals surface area contributed by atoms with Crippen LogP contribution < -0.4 is 9.14 Å². The number of rotatable bonds is 4. The van der Waals surface area contributed by atoms with E-state index in [1.165, 1.54) is 44.8 Å². The molecule has 0 amide bonds. The minimum Gasteiger partial charge on any atom is -0.474 e. The van der Waals surface area contributed by atoms with E-state index in [4.69, 9.17) is 16.3 Å². The highest BCUT2D eigenvalue weighted by atomic mass is 35.5. The minimum absolute atomic E-state index is 0.149. The molecule has 0 atom stereocenters. The van der Waals surface area contributed by atoms with Crippen molar-refractivity contribution in [2.75, 3.05) is 0 Å². The van der Waals surface area contributed by atoms with Crippen molar-refractivity contribution in [1.82, 2.24) is 9.55 Å². The van der Waals surface area contributed by atoms with Gasteiger partial charge in [-0.3, -0.25) is 0 Å². The quantitative estimate of drug-likeness (QED) is 0.283. The molecule has 0 aliphatic carbocycles. The van der Waals surface area contributed by atoms with Crippen LogP contribution in [0.2, 0.25) is 4.47 Å². The normalized spacial score (nSPS) is 11.7. The molecule has 4 aromatic rings. The number of aromatic nitrogens is 3. The first-order valence-electron chi connectivity index (χ1n) is 8.46. The monoisotopic (exact) mass is 454 g/mol. The maximum absolute atomic E-state index is 13.2. The first-order chi connectivity index (χ1) is 14.3. The number of fused-ring (bicyclic) bond motifs is 1. The number of halogens is 4. The minimum atomic E-state index is -4.70. The van der Waals surface area contributed by atoms with Gasteiger partial charge in [-0.25, -0.2) is 9.78 Å². The van der Waals surface area contributed by atoms with Crippen molar-refractivity contribution < 1.29 is 32.2 Å². The van der Waals surface area contributed by atoms with E-state index in [1.54, 1.807) is 18.2 Å². The van der Waals surface area contributed by atoms with Gasteiger partial charge in [-0.1, -0.05) is 29.8 Å². The molecule has 6 nitrogen and oxygen atoms in total. The number of hydrogen-bond donors (Lipinski definition) is 1. The van der Waals surface area contributed by atoms with E-state index in [9.17, 15) is 23.1 Å². The van der Waals surface area contributed by atoms with Gasteiger partial charge >= 0.3 is 23.7 Å². The van der Waals surface area contributed by atoms with Crippen molar-refractivity contribution in [1.29, 1.82) is 0 Å². The fourth-order valence-corrected chi connectivity index (χ4v) is 3.95. The fourth-order valence-electron chi connectivity index (χ4n) is 2.98. The Bertz CT molecular complexity index is 1250. The van der Waals surface area contributed by atoms with Gasteiger partial charge in [-0.05, 0) is 18.2 Å². The number of hydrogen-bond acceptors (Lipinski definition) is 5. The van der Waals surface area contributed by atoms with Crippen molar-refractivity contribution in [3.8, 4) is 11.6 Å². The highest BCUT2D eigenvalue weighted by Gasteiger charge is 2.37. The number of alkyl halides is 3. The zero-order chi connectivity index (χ0) is 21.5. The lowest BCUT2D eigenvalue weighted by Gasteiger charge is -2.11. The number of esters is 1. The van der Waals surface area contributed by atoms with Gasteiger partial charge in [-0.2, -0.15) is 22.1 Å². The zero-order valence-corrected chi connectivity index (χ0v) is 16.5. The van der Waals surface area contributed by atoms with E-state index in [0.29, 0.717) is 15.0 Å². The molecule has 4 rings (SSSR count). The summed E-state index contributed by atoms with van der Waals surface area (Å²) in [4.78, 5) is 17.4. The van der Waals surface area contributed by atoms with Crippen LogP contribution in [0.25, 0.3) is 5.65 Å². The summed E-state index contributed by atoms with van der Waals surface area (Å²) in [6.07, 6.45) is -1.67. The van der Waals surface area contributed by atoms with Crippen LogP contribution in [0.1, 0.15) is 20.9 Å². The molecule has 11 heteroatoms. The van der Waals surface area contributed by atoms with E-state index >= 15 is 0 Å². The van der Waals surface area contributed by atoms with Crippen LogP contribution in [-0.2, 0) is 12.7 Å². The number of ether oxygens (including phenoxy) is 1. The van der Waals surface area contributed by atoms with E-state index in [1.807, 2.05) is 0 Å². The number of carbonyl (C=O) groups is 1. The fraction of sp³-hybridized carbons (Fsp3) is 0.105. The molecule has 1 aromatic carbocycles. The Hall–Kier alpha value is -3.11. The molecule has 0 saturated carbocycles. The molecule has 30 heavy (non-hydrogen) atoms. The summed E-state index contributed by atoms with van der Waals surface area (Å²) < 4.78 is 47.8. The SMILES string of the molecule is O=C(Oc1ccccc1C(F)(F)F)c1c(O)n(Cc2cnc(Cl)s2)c2cccc[n+]12. The van der Waals surface area contributed by atoms with Crippen molar-refractivity contribution in [2.45, 2.75) is 12.7 Å². The first-order valence-corrected chi connectivity index (χ1v) is 9.65. The van der Waals surface area contributed by atoms with Crippen LogP contribution in [0.5, 0.6) is 11.6 Å². The van der Waals surface area contributed by atoms with E-state index in [2.05, 4.69) is 4.98 Å². The second-order valence-corrected chi connectivity index (χ2v) is 7.85. The lowest BCUT2D eigenvalue weighted by Crippen LogP contribution is -2.29. The Balaban J connectivity index is 1.77. The van der Waals surface area contributed by atoms with Gasteiger partial charge < -0.3 is 9.84 Å². The third-order valence-electron chi connectivity index (χ3n) is 4.25. The third kappa shape index (κ3) is 3.71. The molecule has 0 bridgehead atoms. The molecular formula is C19H12ClF3N3O3S+. The molecule has 154 valence electrons. The molecule has 0 unspecified atom stereocenters. The molecule has 0 radical (unpaired) electrons. The van der Waals surface area contributed by atoms with Crippen molar-refractivity contribution in [3.05, 3.63) is 75.5 Å². The average Bonchev–Trinajstić information content (AvgIpc) is 3.22. The molecule has 0 saturated heterocycles. The summed E-state index contributed by atoms with van der Waals surface area (Å²) >= 11 is 7.04. The summed E-state index contributed by atoms with van der Waals surface area (Å²) in [5, 5.41) is 10.7. The smallest absolute Gasteiger partial charge is 0.419 e. The Kier molecular flexibility index (Phi) is 5.12. The lowest BCUT2D eigenvalue weighted by atomic mass is 10.2. The van der Waals surface area contributed by atoms with Crippen molar-refractivity contribution in [3.63, 3.8) is 0 Å². The number of aromatic hydroxyl groups is 1. The molecule has 0 spiro atoms. The molecule has 3 heterocycles. The van der Waals surface area contributed by atoms with Crippen LogP contribution in [0.4, 0.5) is 13.2 Å². The number of pyridine rings is 1. The van der Waals surface area contributed by atoms with Crippen LogP contribution >= 0.6 is 22.9 Å². The van der Waals surface area contributed by atoms with Gasteiger partial charge in [0, 0.05) is 12.3 Å². The molecule has 0 aliphatic rings. The molecule has 3 aromatic heterocycles. The maximum Gasteiger partial charge on any atom is 0.419 e. The largest absolute Gasteiger partial charge is 0.474 e. The van der Waals surface area contributed by atoms with Crippen LogP contribution in [-0.4, -0.2) is 20.6 Å². The maximum atomic E-state index is 13.2. The number of benzene rings is 1. The summed E-state index contributed by atoms with van der Waals surface area (Å²) in [6, 6.07) is 9.32. The third-order valence-corrected chi connectivity index (χ3v) is 5.35. The number of carbonyl (C=O) groups excluding carboxylic acids is 1. The second kappa shape index (κ2) is 7.62. The highest BCUT2D eigenvalue weighted by Crippen LogP contribution is 2.36. The topological polar surface area (TPSA) is 68.4 Å². The molecule has 0 fully saturated rings. The van der Waals surface area contributed by atoms with Crippen molar-refractivity contribution >= 4 is 34.6 Å². The Morgan fingerprint density at radius 2 is 1.97 bits per heavy atom. The van der Waals surface area contributed by atoms with E-state index in [0.717, 1.165) is 12.1 Å². The highest BCUT2D eigenvalue weighted by molar-refractivity contribution is 7.15. The average molecular weight is 455 g/mol. The van der Waals surface area contributed by atoms with Gasteiger partial charge in [0.2, 0.25) is 0 Å². The Morgan fingerprint density at radius 1 is 1.23 bits per heavy atom. The Morgan fingerprint density at radius 3 is 2.67 bits per heavy atom. The number of imidazole rings is 1. The lowest BCUT2D eigenvalue weighted by molar-refractivity contribution is -0.514. The summed E-state index contributed by atoms with van der Waals surface area (Å²) in [5.41, 5.74) is -0.973.